The van der Waals surface area contributed by atoms with E-state index in [-0.39, 0.29) is 0 Å². The lowest BCUT2D eigenvalue weighted by Crippen LogP contribution is -2.16. The van der Waals surface area contributed by atoms with Crippen LogP contribution in [0.1, 0.15) is 29.6 Å². The first kappa shape index (κ1) is 13.2. The van der Waals surface area contributed by atoms with Crippen LogP contribution in [0, 0.1) is 0 Å². The fourth-order valence-corrected chi connectivity index (χ4v) is 3.76. The summed E-state index contributed by atoms with van der Waals surface area (Å²) in [5, 5.41) is 13.6. The molecule has 17 heavy (non-hydrogen) atoms. The third-order valence-corrected chi connectivity index (χ3v) is 4.67. The number of hydrogen-bond acceptors (Lipinski definition) is 3. The van der Waals surface area contributed by atoms with E-state index in [1.54, 1.807) is 0 Å². The minimum absolute atomic E-state index is 0.482. The van der Waals surface area contributed by atoms with Crippen LogP contribution in [0.25, 0.3) is 0 Å². The normalized spacial score (nSPS) is 21.7. The van der Waals surface area contributed by atoms with E-state index >= 15 is 0 Å². The first-order valence-corrected chi connectivity index (χ1v) is 7.45. The van der Waals surface area contributed by atoms with Crippen molar-refractivity contribution in [1.29, 1.82) is 0 Å². The quantitative estimate of drug-likeness (QED) is 0.883. The van der Waals surface area contributed by atoms with Crippen molar-refractivity contribution in [1.82, 2.24) is 5.32 Å². The summed E-state index contributed by atoms with van der Waals surface area (Å²) in [5.41, 5.74) is 2.12. The average Bonchev–Trinajstić information content (AvgIpc) is 2.82. The van der Waals surface area contributed by atoms with Crippen molar-refractivity contribution in [2.24, 2.45) is 0 Å². The molecule has 2 atom stereocenters. The number of halogens is 1. The summed E-state index contributed by atoms with van der Waals surface area (Å²) in [7, 11) is 1.83. The van der Waals surface area contributed by atoms with Crippen LogP contribution in [0.4, 0.5) is 0 Å². The molecule has 0 spiro atoms. The zero-order chi connectivity index (χ0) is 12.3. The second kappa shape index (κ2) is 6.10. The van der Waals surface area contributed by atoms with E-state index in [0.717, 1.165) is 16.3 Å². The molecule has 94 valence electrons. The van der Waals surface area contributed by atoms with Gasteiger partial charge < -0.3 is 10.4 Å². The van der Waals surface area contributed by atoms with Crippen LogP contribution < -0.4 is 5.32 Å². The highest BCUT2D eigenvalue weighted by atomic mass is 35.5. The lowest BCUT2D eigenvalue weighted by molar-refractivity contribution is 0.178. The van der Waals surface area contributed by atoms with Crippen LogP contribution in [-0.2, 0) is 0 Å². The maximum Gasteiger partial charge on any atom is 0.0914 e. The molecule has 1 aliphatic heterocycles. The molecule has 0 aromatic heterocycles. The zero-order valence-electron chi connectivity index (χ0n) is 9.95. The standard InChI is InChI=1S/C13H18ClNOS/c1-15-7-13(16)9-2-3-11(12(14)6-9)10-4-5-17-8-10/h2-3,6,10,13,15-16H,4-5,7-8H2,1H3. The number of benzene rings is 1. The predicted molar refractivity (Wildman–Crippen MR) is 75.0 cm³/mol. The van der Waals surface area contributed by atoms with E-state index in [2.05, 4.69) is 11.4 Å². The van der Waals surface area contributed by atoms with Gasteiger partial charge in [-0.1, -0.05) is 23.7 Å². The number of thioether (sulfide) groups is 1. The van der Waals surface area contributed by atoms with Gasteiger partial charge in [0.1, 0.15) is 0 Å². The monoisotopic (exact) mass is 271 g/mol. The van der Waals surface area contributed by atoms with Crippen LogP contribution in [-0.4, -0.2) is 30.2 Å². The van der Waals surface area contributed by atoms with Gasteiger partial charge in [0.2, 0.25) is 0 Å². The first-order valence-electron chi connectivity index (χ1n) is 5.92. The van der Waals surface area contributed by atoms with Crippen LogP contribution in [0.5, 0.6) is 0 Å². The summed E-state index contributed by atoms with van der Waals surface area (Å²) in [4.78, 5) is 0. The Morgan fingerprint density at radius 1 is 1.59 bits per heavy atom. The highest BCUT2D eigenvalue weighted by Gasteiger charge is 2.20. The molecular weight excluding hydrogens is 254 g/mol. The van der Waals surface area contributed by atoms with E-state index in [1.165, 1.54) is 17.7 Å². The molecular formula is C13H18ClNOS. The van der Waals surface area contributed by atoms with Gasteiger partial charge in [-0.3, -0.25) is 0 Å². The van der Waals surface area contributed by atoms with Gasteiger partial charge in [0.25, 0.3) is 0 Å². The number of aliphatic hydroxyl groups excluding tert-OH is 1. The van der Waals surface area contributed by atoms with E-state index in [0.29, 0.717) is 12.5 Å². The van der Waals surface area contributed by atoms with E-state index in [4.69, 9.17) is 11.6 Å². The Kier molecular flexibility index (Phi) is 4.74. The van der Waals surface area contributed by atoms with Gasteiger partial charge in [-0.05, 0) is 42.3 Å². The Hall–Kier alpha value is -0.220. The van der Waals surface area contributed by atoms with Crippen LogP contribution in [0.2, 0.25) is 5.02 Å². The van der Waals surface area contributed by atoms with Crippen molar-refractivity contribution >= 4 is 23.4 Å². The molecule has 1 saturated heterocycles. The fraction of sp³-hybridized carbons (Fsp3) is 0.538. The molecule has 1 fully saturated rings. The van der Waals surface area contributed by atoms with Crippen LogP contribution >= 0.6 is 23.4 Å². The smallest absolute Gasteiger partial charge is 0.0914 e. The number of nitrogens with one attached hydrogen (secondary N) is 1. The largest absolute Gasteiger partial charge is 0.387 e. The molecule has 1 heterocycles. The first-order chi connectivity index (χ1) is 8.22. The summed E-state index contributed by atoms with van der Waals surface area (Å²) >= 11 is 8.30. The summed E-state index contributed by atoms with van der Waals surface area (Å²) in [5.74, 6) is 2.98. The van der Waals surface area contributed by atoms with Crippen LogP contribution in [0.15, 0.2) is 18.2 Å². The molecule has 1 aromatic rings. The Bertz CT molecular complexity index is 380. The van der Waals surface area contributed by atoms with Gasteiger partial charge in [-0.15, -0.1) is 0 Å². The van der Waals surface area contributed by atoms with Gasteiger partial charge in [-0.25, -0.2) is 0 Å². The summed E-state index contributed by atoms with van der Waals surface area (Å²) in [6.07, 6.45) is 0.729. The van der Waals surface area contributed by atoms with Crippen molar-refractivity contribution in [2.75, 3.05) is 25.1 Å². The predicted octanol–water partition coefficient (Wildman–Crippen LogP) is 2.81. The third-order valence-electron chi connectivity index (χ3n) is 3.18. The van der Waals surface area contributed by atoms with Crippen LogP contribution in [0.3, 0.4) is 0 Å². The number of hydrogen-bond donors (Lipinski definition) is 2. The van der Waals surface area contributed by atoms with Crippen molar-refractivity contribution in [3.8, 4) is 0 Å². The Morgan fingerprint density at radius 2 is 2.41 bits per heavy atom. The molecule has 0 bridgehead atoms. The lowest BCUT2D eigenvalue weighted by Gasteiger charge is -2.15. The molecule has 2 unspecified atom stereocenters. The highest BCUT2D eigenvalue weighted by Crippen LogP contribution is 2.36. The maximum atomic E-state index is 9.88. The number of aliphatic hydroxyl groups is 1. The minimum Gasteiger partial charge on any atom is -0.387 e. The molecule has 4 heteroatoms. The van der Waals surface area contributed by atoms with E-state index in [9.17, 15) is 5.11 Å². The second-order valence-corrected chi connectivity index (χ2v) is 5.97. The Balaban J connectivity index is 2.16. The molecule has 0 radical (unpaired) electrons. The van der Waals surface area contributed by atoms with Gasteiger partial charge in [-0.2, -0.15) is 11.8 Å². The van der Waals surface area contributed by atoms with Crippen molar-refractivity contribution < 1.29 is 5.11 Å². The van der Waals surface area contributed by atoms with Gasteiger partial charge in [0.05, 0.1) is 6.10 Å². The molecule has 1 aliphatic rings. The molecule has 0 saturated carbocycles. The molecule has 2 N–H and O–H groups in total. The number of likely N-dealkylation sites (N-methyl/N-ethyl adjacent to an activating group) is 1. The maximum absolute atomic E-state index is 9.88. The lowest BCUT2D eigenvalue weighted by atomic mass is 9.96. The minimum atomic E-state index is -0.482. The summed E-state index contributed by atoms with van der Waals surface area (Å²) in [6, 6.07) is 5.97. The summed E-state index contributed by atoms with van der Waals surface area (Å²) < 4.78 is 0. The van der Waals surface area contributed by atoms with Gasteiger partial charge in [0.15, 0.2) is 0 Å². The Morgan fingerprint density at radius 3 is 3.00 bits per heavy atom. The average molecular weight is 272 g/mol. The number of rotatable bonds is 4. The van der Waals surface area contributed by atoms with Gasteiger partial charge >= 0.3 is 0 Å². The van der Waals surface area contributed by atoms with Crippen molar-refractivity contribution in [3.05, 3.63) is 34.3 Å². The fourth-order valence-electron chi connectivity index (χ4n) is 2.17. The molecule has 2 rings (SSSR count). The molecule has 2 nitrogen and oxygen atoms in total. The SMILES string of the molecule is CNCC(O)c1ccc(C2CCSC2)c(Cl)c1. The van der Waals surface area contributed by atoms with Crippen molar-refractivity contribution in [2.45, 2.75) is 18.4 Å². The van der Waals surface area contributed by atoms with Gasteiger partial charge in [0, 0.05) is 17.3 Å². The third kappa shape index (κ3) is 3.16. The summed E-state index contributed by atoms with van der Waals surface area (Å²) in [6.45, 7) is 0.551. The van der Waals surface area contributed by atoms with E-state index in [1.807, 2.05) is 30.9 Å². The topological polar surface area (TPSA) is 32.3 Å². The Labute approximate surface area is 112 Å². The molecule has 0 amide bonds. The molecule has 0 aliphatic carbocycles. The van der Waals surface area contributed by atoms with E-state index < -0.39 is 6.10 Å². The molecule has 1 aromatic carbocycles. The zero-order valence-corrected chi connectivity index (χ0v) is 11.5. The van der Waals surface area contributed by atoms with Crippen molar-refractivity contribution in [3.63, 3.8) is 0 Å². The second-order valence-electron chi connectivity index (χ2n) is 4.41. The highest BCUT2D eigenvalue weighted by molar-refractivity contribution is 7.99.